The van der Waals surface area contributed by atoms with Crippen LogP contribution in [-0.2, 0) is 39.2 Å². The van der Waals surface area contributed by atoms with Crippen LogP contribution in [0.5, 0.6) is 0 Å². The van der Waals surface area contributed by atoms with Crippen LogP contribution in [0.2, 0.25) is 0 Å². The van der Waals surface area contributed by atoms with Crippen molar-refractivity contribution in [3.05, 3.63) is 46.0 Å². The summed E-state index contributed by atoms with van der Waals surface area (Å²) in [7, 11) is -1.49. The lowest BCUT2D eigenvalue weighted by Crippen LogP contribution is -2.45. The molecule has 0 aromatic heterocycles. The molecule has 1 unspecified atom stereocenters. The van der Waals surface area contributed by atoms with Gasteiger partial charge in [-0.05, 0) is 19.4 Å². The molecule has 5 atom stereocenters. The fourth-order valence-corrected chi connectivity index (χ4v) is 5.28. The summed E-state index contributed by atoms with van der Waals surface area (Å²) in [6.07, 6.45) is -3.21. The number of fused-ring (bicyclic) bond motifs is 1. The maximum absolute atomic E-state index is 13.1. The molecule has 0 spiro atoms. The second-order valence-electron chi connectivity index (χ2n) is 7.32. The van der Waals surface area contributed by atoms with E-state index in [2.05, 4.69) is 0 Å². The Bertz CT molecular complexity index is 751. The van der Waals surface area contributed by atoms with Gasteiger partial charge in [-0.25, -0.2) is 0 Å². The molecule has 0 bridgehead atoms. The van der Waals surface area contributed by atoms with E-state index >= 15 is 0 Å². The fourth-order valence-electron chi connectivity index (χ4n) is 3.65. The molecule has 162 valence electrons. The first-order valence-electron chi connectivity index (χ1n) is 9.19. The maximum Gasteiger partial charge on any atom is 0.342 e. The maximum atomic E-state index is 13.1. The first-order chi connectivity index (χ1) is 13.7. The van der Waals surface area contributed by atoms with Gasteiger partial charge < -0.3 is 28.0 Å². The van der Waals surface area contributed by atoms with E-state index < -0.39 is 55.1 Å². The zero-order valence-electron chi connectivity index (χ0n) is 16.8. The lowest BCUT2D eigenvalue weighted by atomic mass is 10.1. The molecule has 0 radical (unpaired) electrons. The topological polar surface area (TPSA) is 116 Å². The summed E-state index contributed by atoms with van der Waals surface area (Å²) < 4.78 is 46.8. The van der Waals surface area contributed by atoms with Crippen LogP contribution in [0.3, 0.4) is 0 Å². The minimum Gasteiger partial charge on any atom is -0.368 e. The second-order valence-corrected chi connectivity index (χ2v) is 9.79. The Morgan fingerprint density at radius 2 is 1.86 bits per heavy atom. The molecule has 11 heteroatoms. The number of hydrogen-bond acceptors (Lipinski definition) is 9. The second kappa shape index (κ2) is 8.77. The Kier molecular flexibility index (Phi) is 6.74. The van der Waals surface area contributed by atoms with Crippen molar-refractivity contribution in [2.24, 2.45) is 0 Å². The molecule has 29 heavy (non-hydrogen) atoms. The lowest BCUT2D eigenvalue weighted by Gasteiger charge is -2.31. The summed E-state index contributed by atoms with van der Waals surface area (Å²) >= 11 is 0. The molecular formula is C18H26NO9P. The highest BCUT2D eigenvalue weighted by molar-refractivity contribution is 7.54. The SMILES string of the molecule is COP(=O)(OC)C(C[N+](=O)[O-])[C@H]1O[C@@H]2OC(C)(C)O[C@@H]2[C@H]1OCc1ccccc1. The highest BCUT2D eigenvalue weighted by atomic mass is 31.2. The van der Waals surface area contributed by atoms with Crippen molar-refractivity contribution >= 4 is 7.60 Å². The van der Waals surface area contributed by atoms with Crippen molar-refractivity contribution in [3.8, 4) is 0 Å². The van der Waals surface area contributed by atoms with Gasteiger partial charge in [0.2, 0.25) is 6.54 Å². The van der Waals surface area contributed by atoms with Crippen molar-refractivity contribution < 1.29 is 37.5 Å². The Morgan fingerprint density at radius 3 is 2.45 bits per heavy atom. The van der Waals surface area contributed by atoms with E-state index in [1.807, 2.05) is 30.3 Å². The van der Waals surface area contributed by atoms with Gasteiger partial charge in [0.05, 0.1) is 6.61 Å². The van der Waals surface area contributed by atoms with E-state index in [0.717, 1.165) is 5.56 Å². The summed E-state index contributed by atoms with van der Waals surface area (Å²) in [6.45, 7) is 3.01. The number of rotatable bonds is 9. The van der Waals surface area contributed by atoms with Gasteiger partial charge in [0.1, 0.15) is 18.3 Å². The largest absolute Gasteiger partial charge is 0.368 e. The summed E-state index contributed by atoms with van der Waals surface area (Å²) in [4.78, 5) is 10.7. The highest BCUT2D eigenvalue weighted by Gasteiger charge is 2.61. The third-order valence-corrected chi connectivity index (χ3v) is 7.23. The van der Waals surface area contributed by atoms with Crippen LogP contribution in [-0.4, -0.2) is 61.7 Å². The Morgan fingerprint density at radius 1 is 1.21 bits per heavy atom. The lowest BCUT2D eigenvalue weighted by molar-refractivity contribution is -0.482. The van der Waals surface area contributed by atoms with E-state index in [0.29, 0.717) is 0 Å². The van der Waals surface area contributed by atoms with Gasteiger partial charge in [-0.1, -0.05) is 30.3 Å². The smallest absolute Gasteiger partial charge is 0.342 e. The van der Waals surface area contributed by atoms with E-state index in [-0.39, 0.29) is 6.61 Å². The summed E-state index contributed by atoms with van der Waals surface area (Å²) in [5, 5.41) is 11.3. The summed E-state index contributed by atoms with van der Waals surface area (Å²) in [5.74, 6) is -0.903. The first-order valence-corrected chi connectivity index (χ1v) is 10.8. The Hall–Kier alpha value is -1.39. The van der Waals surface area contributed by atoms with Crippen LogP contribution >= 0.6 is 7.60 Å². The fraction of sp³-hybridized carbons (Fsp3) is 0.667. The Balaban J connectivity index is 1.89. The molecule has 2 aliphatic rings. The minimum absolute atomic E-state index is 0.216. The van der Waals surface area contributed by atoms with Crippen LogP contribution in [0.4, 0.5) is 0 Å². The van der Waals surface area contributed by atoms with Gasteiger partial charge >= 0.3 is 7.60 Å². The van der Waals surface area contributed by atoms with Crippen molar-refractivity contribution in [1.29, 1.82) is 0 Å². The molecule has 2 heterocycles. The molecule has 0 aliphatic carbocycles. The molecule has 3 rings (SSSR count). The van der Waals surface area contributed by atoms with Gasteiger partial charge in [0.15, 0.2) is 17.7 Å². The monoisotopic (exact) mass is 431 g/mol. The standard InChI is InChI=1S/C18H26NO9P/c1-18(2)27-16-15(25-11-12-8-6-5-7-9-12)14(26-17(16)28-18)13(10-19(20)21)29(22,23-3)24-4/h5-9,13-17H,10-11H2,1-4H3/t13?,14-,15+,16-,17-/m1/s1. The number of nitro groups is 1. The van der Waals surface area contributed by atoms with Crippen LogP contribution in [0.15, 0.2) is 30.3 Å². The van der Waals surface area contributed by atoms with Gasteiger partial charge in [0.25, 0.3) is 0 Å². The molecule has 2 saturated heterocycles. The molecule has 0 N–H and O–H groups in total. The van der Waals surface area contributed by atoms with Gasteiger partial charge in [-0.3, -0.25) is 14.7 Å². The third kappa shape index (κ3) is 4.86. The minimum atomic E-state index is -3.86. The molecule has 0 amide bonds. The van der Waals surface area contributed by atoms with E-state index in [4.69, 9.17) is 28.0 Å². The number of hydrogen-bond donors (Lipinski definition) is 0. The van der Waals surface area contributed by atoms with Crippen molar-refractivity contribution in [3.63, 3.8) is 0 Å². The average Bonchev–Trinajstić information content (AvgIpc) is 3.16. The van der Waals surface area contributed by atoms with Crippen molar-refractivity contribution in [2.45, 2.75) is 56.5 Å². The number of ether oxygens (including phenoxy) is 4. The molecule has 2 aliphatic heterocycles. The van der Waals surface area contributed by atoms with Gasteiger partial charge in [-0.15, -0.1) is 0 Å². The average molecular weight is 431 g/mol. The van der Waals surface area contributed by atoms with Crippen LogP contribution in [0.1, 0.15) is 19.4 Å². The predicted octanol–water partition coefficient (Wildman–Crippen LogP) is 2.58. The summed E-state index contributed by atoms with van der Waals surface area (Å²) in [5.41, 5.74) is -0.297. The predicted molar refractivity (Wildman–Crippen MR) is 101 cm³/mol. The van der Waals surface area contributed by atoms with Crippen LogP contribution < -0.4 is 0 Å². The highest BCUT2D eigenvalue weighted by Crippen LogP contribution is 2.56. The van der Waals surface area contributed by atoms with Crippen LogP contribution in [0.25, 0.3) is 0 Å². The molecular weight excluding hydrogens is 405 g/mol. The van der Waals surface area contributed by atoms with Gasteiger partial charge in [-0.2, -0.15) is 0 Å². The molecule has 1 aromatic rings. The van der Waals surface area contributed by atoms with Crippen molar-refractivity contribution in [2.75, 3.05) is 20.8 Å². The zero-order valence-corrected chi connectivity index (χ0v) is 17.7. The first kappa shape index (κ1) is 22.3. The van der Waals surface area contributed by atoms with Crippen LogP contribution in [0, 0.1) is 10.1 Å². The van der Waals surface area contributed by atoms with Crippen molar-refractivity contribution in [1.82, 2.24) is 0 Å². The quantitative estimate of drug-likeness (QED) is 0.330. The normalized spacial score (nSPS) is 29.5. The molecule has 2 fully saturated rings. The van der Waals surface area contributed by atoms with E-state index in [1.165, 1.54) is 14.2 Å². The zero-order chi connectivity index (χ0) is 21.2. The molecule has 1 aromatic carbocycles. The van der Waals surface area contributed by atoms with E-state index in [9.17, 15) is 14.7 Å². The Labute approximate surface area is 169 Å². The number of nitrogens with zero attached hydrogens (tertiary/aromatic N) is 1. The molecule has 10 nitrogen and oxygen atoms in total. The summed E-state index contributed by atoms with van der Waals surface area (Å²) in [6, 6.07) is 9.42. The van der Waals surface area contributed by atoms with Gasteiger partial charge in [0, 0.05) is 19.1 Å². The van der Waals surface area contributed by atoms with E-state index in [1.54, 1.807) is 13.8 Å². The number of benzene rings is 1. The third-order valence-electron chi connectivity index (χ3n) is 4.94. The molecule has 0 saturated carbocycles.